The van der Waals surface area contributed by atoms with Crippen LogP contribution >= 0.6 is 11.3 Å². The molecule has 2 aliphatic heterocycles. The third-order valence-corrected chi connectivity index (χ3v) is 8.34. The van der Waals surface area contributed by atoms with E-state index in [1.807, 2.05) is 21.1 Å². The van der Waals surface area contributed by atoms with Crippen molar-refractivity contribution in [1.82, 2.24) is 14.7 Å². The van der Waals surface area contributed by atoms with Crippen LogP contribution in [0.25, 0.3) is 0 Å². The molecule has 1 fully saturated rings. The number of hydrogen-bond acceptors (Lipinski definition) is 4. The molecular weight excluding hydrogens is 442 g/mol. The summed E-state index contributed by atoms with van der Waals surface area (Å²) in [5, 5.41) is 2.20. The van der Waals surface area contributed by atoms with Crippen LogP contribution in [0.3, 0.4) is 0 Å². The van der Waals surface area contributed by atoms with Gasteiger partial charge in [0.1, 0.15) is 0 Å². The van der Waals surface area contributed by atoms with Crippen molar-refractivity contribution < 1.29 is 9.59 Å². The number of benzene rings is 1. The predicted octanol–water partition coefficient (Wildman–Crippen LogP) is 5.12. The van der Waals surface area contributed by atoms with Crippen LogP contribution in [0.2, 0.25) is 0 Å². The molecule has 2 amide bonds. The van der Waals surface area contributed by atoms with Crippen molar-refractivity contribution in [2.45, 2.75) is 70.9 Å². The molecule has 34 heavy (non-hydrogen) atoms. The molecule has 0 radical (unpaired) electrons. The van der Waals surface area contributed by atoms with E-state index in [2.05, 4.69) is 60.5 Å². The Bertz CT molecular complexity index is 944. The molecule has 2 atom stereocenters. The van der Waals surface area contributed by atoms with Gasteiger partial charge in [-0.05, 0) is 42.3 Å². The van der Waals surface area contributed by atoms with Gasteiger partial charge in [0.05, 0.1) is 6.04 Å². The van der Waals surface area contributed by atoms with Crippen molar-refractivity contribution in [3.8, 4) is 0 Å². The summed E-state index contributed by atoms with van der Waals surface area (Å²) < 4.78 is 0. The number of hydrogen-bond donors (Lipinski definition) is 0. The van der Waals surface area contributed by atoms with Gasteiger partial charge in [0.25, 0.3) is 0 Å². The largest absolute Gasteiger partial charge is 0.339 e. The van der Waals surface area contributed by atoms with Crippen molar-refractivity contribution in [3.63, 3.8) is 0 Å². The molecule has 1 aromatic carbocycles. The fourth-order valence-corrected chi connectivity index (χ4v) is 6.34. The number of thiophene rings is 1. The predicted molar refractivity (Wildman–Crippen MR) is 139 cm³/mol. The molecule has 0 spiro atoms. The van der Waals surface area contributed by atoms with Crippen molar-refractivity contribution in [3.05, 3.63) is 57.8 Å². The summed E-state index contributed by atoms with van der Waals surface area (Å²) in [6.07, 6.45) is 6.70. The molecular formula is C28H39N3O2S. The fourth-order valence-electron chi connectivity index (χ4n) is 5.43. The molecule has 2 aliphatic rings. The lowest BCUT2D eigenvalue weighted by Gasteiger charge is -2.41. The Balaban J connectivity index is 1.31. The van der Waals surface area contributed by atoms with Gasteiger partial charge >= 0.3 is 0 Å². The maximum absolute atomic E-state index is 13.1. The number of carbonyl (C=O) groups is 2. The number of fused-ring (bicyclic) bond motifs is 1. The summed E-state index contributed by atoms with van der Waals surface area (Å²) in [6, 6.07) is 13.2. The van der Waals surface area contributed by atoms with Crippen LogP contribution in [-0.4, -0.2) is 65.3 Å². The van der Waals surface area contributed by atoms with Gasteiger partial charge in [0.15, 0.2) is 0 Å². The summed E-state index contributed by atoms with van der Waals surface area (Å²) in [4.78, 5) is 33.7. The van der Waals surface area contributed by atoms with Crippen molar-refractivity contribution in [2.24, 2.45) is 0 Å². The van der Waals surface area contributed by atoms with E-state index in [1.54, 1.807) is 0 Å². The van der Waals surface area contributed by atoms with E-state index in [0.717, 1.165) is 32.4 Å². The first-order valence-electron chi connectivity index (χ1n) is 13.0. The van der Waals surface area contributed by atoms with E-state index in [9.17, 15) is 9.59 Å². The number of piperazine rings is 1. The molecule has 0 N–H and O–H groups in total. The molecule has 184 valence electrons. The highest BCUT2D eigenvalue weighted by atomic mass is 32.1. The molecule has 6 heteroatoms. The molecule has 0 bridgehead atoms. The van der Waals surface area contributed by atoms with Gasteiger partial charge in [0, 0.05) is 56.5 Å². The Morgan fingerprint density at radius 1 is 0.971 bits per heavy atom. The minimum Gasteiger partial charge on any atom is -0.339 e. The van der Waals surface area contributed by atoms with E-state index in [0.29, 0.717) is 32.5 Å². The summed E-state index contributed by atoms with van der Waals surface area (Å²) in [5.74, 6) is 0.464. The smallest absolute Gasteiger partial charge is 0.223 e. The average molecular weight is 482 g/mol. The number of nitrogens with zero attached hydrogens (tertiary/aromatic N) is 3. The third kappa shape index (κ3) is 5.89. The van der Waals surface area contributed by atoms with Gasteiger partial charge in [-0.3, -0.25) is 14.5 Å². The van der Waals surface area contributed by atoms with Gasteiger partial charge in [-0.2, -0.15) is 0 Å². The number of unbranched alkanes of at least 4 members (excludes halogenated alkanes) is 3. The molecule has 1 aromatic heterocycles. The van der Waals surface area contributed by atoms with Gasteiger partial charge < -0.3 is 9.80 Å². The maximum atomic E-state index is 13.1. The Morgan fingerprint density at radius 2 is 1.79 bits per heavy atom. The van der Waals surface area contributed by atoms with Gasteiger partial charge in [-0.25, -0.2) is 0 Å². The molecule has 3 heterocycles. The van der Waals surface area contributed by atoms with Crippen molar-refractivity contribution >= 4 is 23.2 Å². The molecule has 5 nitrogen and oxygen atoms in total. The summed E-state index contributed by atoms with van der Waals surface area (Å²) in [6.45, 7) is 7.98. The monoisotopic (exact) mass is 481 g/mol. The highest BCUT2D eigenvalue weighted by Crippen LogP contribution is 2.37. The highest BCUT2D eigenvalue weighted by Gasteiger charge is 2.32. The van der Waals surface area contributed by atoms with Crippen LogP contribution in [-0.2, 0) is 16.0 Å². The Labute approximate surface area is 208 Å². The Hall–Kier alpha value is -2.18. The van der Waals surface area contributed by atoms with Gasteiger partial charge in [-0.1, -0.05) is 56.5 Å². The molecule has 0 saturated carbocycles. The average Bonchev–Trinajstić information content (AvgIpc) is 3.34. The first-order chi connectivity index (χ1) is 16.6. The number of rotatable bonds is 9. The van der Waals surface area contributed by atoms with Crippen LogP contribution < -0.4 is 0 Å². The lowest BCUT2D eigenvalue weighted by molar-refractivity contribution is -0.142. The van der Waals surface area contributed by atoms with Crippen LogP contribution in [0.1, 0.15) is 74.4 Å². The van der Waals surface area contributed by atoms with Crippen LogP contribution in [0, 0.1) is 0 Å². The van der Waals surface area contributed by atoms with Crippen molar-refractivity contribution in [1.29, 1.82) is 0 Å². The lowest BCUT2D eigenvalue weighted by Crippen LogP contribution is -2.55. The SMILES string of the molecule is CCCCCCC(=O)N1CCN(C(=O)CCN2CCc3sccc3[C@H]2c2ccccc2)C[C@@H]1C. The molecule has 4 rings (SSSR count). The van der Waals surface area contributed by atoms with Crippen molar-refractivity contribution in [2.75, 3.05) is 32.7 Å². The second-order valence-electron chi connectivity index (χ2n) is 9.73. The van der Waals surface area contributed by atoms with Crippen LogP contribution in [0.15, 0.2) is 41.8 Å². The summed E-state index contributed by atoms with van der Waals surface area (Å²) in [7, 11) is 0. The van der Waals surface area contributed by atoms with E-state index in [-0.39, 0.29) is 23.9 Å². The zero-order valence-corrected chi connectivity index (χ0v) is 21.6. The second-order valence-corrected chi connectivity index (χ2v) is 10.7. The van der Waals surface area contributed by atoms with Crippen LogP contribution in [0.5, 0.6) is 0 Å². The quantitative estimate of drug-likeness (QED) is 0.467. The zero-order chi connectivity index (χ0) is 23.9. The maximum Gasteiger partial charge on any atom is 0.223 e. The number of amides is 2. The van der Waals surface area contributed by atoms with E-state index in [4.69, 9.17) is 0 Å². The van der Waals surface area contributed by atoms with Crippen LogP contribution in [0.4, 0.5) is 0 Å². The lowest BCUT2D eigenvalue weighted by atomic mass is 9.93. The van der Waals surface area contributed by atoms with Gasteiger partial charge in [-0.15, -0.1) is 11.3 Å². The Morgan fingerprint density at radius 3 is 2.56 bits per heavy atom. The van der Waals surface area contributed by atoms with E-state index in [1.165, 1.54) is 28.8 Å². The molecule has 1 saturated heterocycles. The first kappa shape index (κ1) is 24.9. The van der Waals surface area contributed by atoms with E-state index < -0.39 is 0 Å². The minimum atomic E-state index is 0.0943. The highest BCUT2D eigenvalue weighted by molar-refractivity contribution is 7.10. The minimum absolute atomic E-state index is 0.0943. The topological polar surface area (TPSA) is 43.9 Å². The zero-order valence-electron chi connectivity index (χ0n) is 20.7. The number of carbonyl (C=O) groups excluding carboxylic acids is 2. The first-order valence-corrected chi connectivity index (χ1v) is 13.9. The normalized spacial score (nSPS) is 20.9. The summed E-state index contributed by atoms with van der Waals surface area (Å²) >= 11 is 1.85. The third-order valence-electron chi connectivity index (χ3n) is 7.34. The Kier molecular flexibility index (Phi) is 8.79. The second kappa shape index (κ2) is 12.0. The fraction of sp³-hybridized carbons (Fsp3) is 0.571. The summed E-state index contributed by atoms with van der Waals surface area (Å²) in [5.41, 5.74) is 2.70. The standard InChI is InChI=1S/C28H39N3O2S/c1-3-4-5-9-12-27(33)31-19-18-30(21-22(31)2)26(32)14-17-29-16-13-25-24(15-20-34-25)28(29)23-10-7-6-8-11-23/h6-8,10-11,15,20,22,28H,3-5,9,12-14,16-19,21H2,1-2H3/t22-,28+/m0/s1. The molecule has 0 aliphatic carbocycles. The molecule has 0 unspecified atom stereocenters. The van der Waals surface area contributed by atoms with Gasteiger partial charge in [0.2, 0.25) is 11.8 Å². The molecule has 2 aromatic rings. The van der Waals surface area contributed by atoms with E-state index >= 15 is 0 Å².